The van der Waals surface area contributed by atoms with E-state index in [0.29, 0.717) is 17.7 Å². The zero-order chi connectivity index (χ0) is 24.3. The van der Waals surface area contributed by atoms with Crippen molar-refractivity contribution in [1.29, 1.82) is 0 Å². The maximum Gasteiger partial charge on any atom is 0.573 e. The van der Waals surface area contributed by atoms with Crippen LogP contribution in [0.25, 0.3) is 11.9 Å². The van der Waals surface area contributed by atoms with Gasteiger partial charge in [-0.25, -0.2) is 4.39 Å². The van der Waals surface area contributed by atoms with Gasteiger partial charge in [-0.05, 0) is 67.3 Å². The molecule has 0 N–H and O–H groups in total. The minimum atomic E-state index is -4.78. The molecule has 1 aromatic heterocycles. The molecule has 34 heavy (non-hydrogen) atoms. The lowest BCUT2D eigenvalue weighted by molar-refractivity contribution is -0.274. The highest BCUT2D eigenvalue weighted by molar-refractivity contribution is 5.94. The molecule has 3 aromatic rings. The van der Waals surface area contributed by atoms with Gasteiger partial charge in [0, 0.05) is 24.3 Å². The molecular formula is C25H23F4N3O2. The summed E-state index contributed by atoms with van der Waals surface area (Å²) in [4.78, 5) is 14.5. The zero-order valence-corrected chi connectivity index (χ0v) is 18.5. The van der Waals surface area contributed by atoms with Crippen molar-refractivity contribution in [3.05, 3.63) is 82.7 Å². The molecule has 1 saturated heterocycles. The van der Waals surface area contributed by atoms with Gasteiger partial charge in [-0.2, -0.15) is 5.10 Å². The number of aryl methyl sites for hydroxylation is 1. The number of amides is 1. The van der Waals surface area contributed by atoms with E-state index < -0.39 is 12.2 Å². The van der Waals surface area contributed by atoms with Crippen LogP contribution in [0.5, 0.6) is 5.75 Å². The summed E-state index contributed by atoms with van der Waals surface area (Å²) in [5.74, 6) is -0.988. The third kappa shape index (κ3) is 5.84. The highest BCUT2D eigenvalue weighted by atomic mass is 19.4. The van der Waals surface area contributed by atoms with Gasteiger partial charge in [-0.15, -0.1) is 13.2 Å². The Bertz CT molecular complexity index is 1190. The second-order valence-electron chi connectivity index (χ2n) is 8.14. The van der Waals surface area contributed by atoms with Gasteiger partial charge in [0.05, 0.1) is 6.54 Å². The van der Waals surface area contributed by atoms with Crippen molar-refractivity contribution in [2.45, 2.75) is 32.7 Å². The molecule has 0 aliphatic carbocycles. The van der Waals surface area contributed by atoms with Crippen LogP contribution in [0.2, 0.25) is 0 Å². The fourth-order valence-electron chi connectivity index (χ4n) is 3.85. The monoisotopic (exact) mass is 473 g/mol. The Hall–Kier alpha value is -3.62. The average molecular weight is 473 g/mol. The van der Waals surface area contributed by atoms with Gasteiger partial charge in [-0.1, -0.05) is 24.3 Å². The number of ether oxygens (including phenoxy) is 1. The molecule has 1 amide bonds. The molecule has 0 saturated carbocycles. The Balaban J connectivity index is 1.47. The second-order valence-corrected chi connectivity index (χ2v) is 8.14. The number of rotatable bonds is 6. The van der Waals surface area contributed by atoms with E-state index in [0.717, 1.165) is 49.3 Å². The summed E-state index contributed by atoms with van der Waals surface area (Å²) in [7, 11) is 0. The third-order valence-corrected chi connectivity index (χ3v) is 5.53. The molecule has 0 atom stereocenters. The van der Waals surface area contributed by atoms with Crippen LogP contribution in [0.1, 0.15) is 45.7 Å². The van der Waals surface area contributed by atoms with E-state index in [4.69, 9.17) is 0 Å². The fraction of sp³-hybridized carbons (Fsp3) is 0.280. The number of carbonyl (C=O) groups is 1. The molecular weight excluding hydrogens is 450 g/mol. The van der Waals surface area contributed by atoms with Crippen molar-refractivity contribution < 1.29 is 27.1 Å². The molecule has 5 nitrogen and oxygen atoms in total. The van der Waals surface area contributed by atoms with Crippen LogP contribution in [0.15, 0.2) is 54.6 Å². The number of nitrogens with zero attached hydrogens (tertiary/aromatic N) is 3. The molecule has 0 spiro atoms. The average Bonchev–Trinajstić information content (AvgIpc) is 3.44. The Labute approximate surface area is 194 Å². The molecule has 0 bridgehead atoms. The van der Waals surface area contributed by atoms with Gasteiger partial charge in [0.25, 0.3) is 5.91 Å². The topological polar surface area (TPSA) is 47.4 Å². The van der Waals surface area contributed by atoms with Crippen molar-refractivity contribution in [2.24, 2.45) is 0 Å². The quantitative estimate of drug-likeness (QED) is 0.423. The molecule has 0 radical (unpaired) electrons. The van der Waals surface area contributed by atoms with E-state index in [-0.39, 0.29) is 17.4 Å². The van der Waals surface area contributed by atoms with Crippen LogP contribution in [-0.2, 0) is 6.54 Å². The van der Waals surface area contributed by atoms with Crippen LogP contribution in [0.4, 0.5) is 17.6 Å². The Morgan fingerprint density at radius 2 is 1.79 bits per heavy atom. The molecule has 1 aliphatic rings. The Morgan fingerprint density at radius 3 is 2.47 bits per heavy atom. The van der Waals surface area contributed by atoms with E-state index in [2.05, 4.69) is 9.84 Å². The lowest BCUT2D eigenvalue weighted by atomic mass is 10.1. The first-order valence-corrected chi connectivity index (χ1v) is 10.8. The number of hydrogen-bond acceptors (Lipinski definition) is 3. The van der Waals surface area contributed by atoms with Gasteiger partial charge in [0.1, 0.15) is 11.4 Å². The fourth-order valence-corrected chi connectivity index (χ4v) is 3.85. The first-order chi connectivity index (χ1) is 16.2. The van der Waals surface area contributed by atoms with Crippen LogP contribution in [0.3, 0.4) is 0 Å². The molecule has 1 aliphatic heterocycles. The maximum absolute atomic E-state index is 14.8. The second kappa shape index (κ2) is 9.70. The largest absolute Gasteiger partial charge is 0.573 e. The van der Waals surface area contributed by atoms with E-state index in [9.17, 15) is 22.4 Å². The molecule has 2 heterocycles. The summed E-state index contributed by atoms with van der Waals surface area (Å²) < 4.78 is 57.1. The number of hydrogen-bond donors (Lipinski definition) is 0. The number of halogens is 4. The highest BCUT2D eigenvalue weighted by Gasteiger charge is 2.31. The molecule has 2 aromatic carbocycles. The number of aromatic nitrogens is 2. The van der Waals surface area contributed by atoms with Gasteiger partial charge >= 0.3 is 6.36 Å². The first kappa shape index (κ1) is 23.5. The minimum absolute atomic E-state index is 0.0119. The van der Waals surface area contributed by atoms with Crippen molar-refractivity contribution in [2.75, 3.05) is 13.1 Å². The number of benzene rings is 2. The smallest absolute Gasteiger partial charge is 0.406 e. The number of likely N-dealkylation sites (tertiary alicyclic amines) is 1. The molecule has 9 heteroatoms. The van der Waals surface area contributed by atoms with Crippen molar-refractivity contribution in [1.82, 2.24) is 14.7 Å². The summed E-state index contributed by atoms with van der Waals surface area (Å²) >= 11 is 0. The van der Waals surface area contributed by atoms with Gasteiger partial charge in [0.15, 0.2) is 5.83 Å². The predicted octanol–water partition coefficient (Wildman–Crippen LogP) is 5.84. The standard InChI is InChI=1S/C25H23F4N3O2/c1-17-13-23(22(26)15-18-7-9-21(10-8-18)34-25(27,28)29)30-32(17)16-19-5-4-6-20(14-19)24(33)31-11-2-3-12-31/h4-10,13-15H,2-3,11-12,16H2,1H3/b22-15-. The molecule has 4 rings (SSSR count). The maximum atomic E-state index is 14.8. The summed E-state index contributed by atoms with van der Waals surface area (Å²) in [5.41, 5.74) is 2.69. The molecule has 178 valence electrons. The Morgan fingerprint density at radius 1 is 1.09 bits per heavy atom. The summed E-state index contributed by atoms with van der Waals surface area (Å²) in [6, 6.07) is 13.8. The van der Waals surface area contributed by atoms with Crippen molar-refractivity contribution in [3.63, 3.8) is 0 Å². The normalized spacial score (nSPS) is 14.5. The van der Waals surface area contributed by atoms with Gasteiger partial charge in [-0.3, -0.25) is 9.48 Å². The van der Waals surface area contributed by atoms with E-state index in [1.54, 1.807) is 23.7 Å². The predicted molar refractivity (Wildman–Crippen MR) is 120 cm³/mol. The lowest BCUT2D eigenvalue weighted by Gasteiger charge is -2.15. The zero-order valence-electron chi connectivity index (χ0n) is 18.5. The summed E-state index contributed by atoms with van der Waals surface area (Å²) in [6.45, 7) is 3.71. The van der Waals surface area contributed by atoms with E-state index >= 15 is 0 Å². The van der Waals surface area contributed by atoms with E-state index in [1.165, 1.54) is 18.2 Å². The first-order valence-electron chi connectivity index (χ1n) is 10.8. The van der Waals surface area contributed by atoms with Crippen LogP contribution < -0.4 is 4.74 Å². The minimum Gasteiger partial charge on any atom is -0.406 e. The van der Waals surface area contributed by atoms with Gasteiger partial charge in [0.2, 0.25) is 0 Å². The Kier molecular flexibility index (Phi) is 6.72. The molecule has 0 unspecified atom stereocenters. The highest BCUT2D eigenvalue weighted by Crippen LogP contribution is 2.25. The molecule has 1 fully saturated rings. The summed E-state index contributed by atoms with van der Waals surface area (Å²) in [5, 5.41) is 4.32. The van der Waals surface area contributed by atoms with Crippen LogP contribution in [0, 0.1) is 6.92 Å². The summed E-state index contributed by atoms with van der Waals surface area (Å²) in [6.07, 6.45) is -1.55. The number of carbonyl (C=O) groups excluding carboxylic acids is 1. The SMILES string of the molecule is Cc1cc(/C(F)=C/c2ccc(OC(F)(F)F)cc2)nn1Cc1cccc(C(=O)N2CCCC2)c1. The van der Waals surface area contributed by atoms with E-state index in [1.807, 2.05) is 23.1 Å². The van der Waals surface area contributed by atoms with Gasteiger partial charge < -0.3 is 9.64 Å². The number of alkyl halides is 3. The third-order valence-electron chi connectivity index (χ3n) is 5.53. The lowest BCUT2D eigenvalue weighted by Crippen LogP contribution is -2.27. The van der Waals surface area contributed by atoms with Crippen LogP contribution >= 0.6 is 0 Å². The van der Waals surface area contributed by atoms with Crippen molar-refractivity contribution in [3.8, 4) is 5.75 Å². The van der Waals surface area contributed by atoms with Crippen LogP contribution in [-0.4, -0.2) is 40.0 Å². The van der Waals surface area contributed by atoms with Crippen molar-refractivity contribution >= 4 is 17.8 Å².